The van der Waals surface area contributed by atoms with Crippen molar-refractivity contribution in [3.8, 4) is 5.75 Å². The SMILES string of the molecule is CCOc1ccc(Br)cc1C=N/N=C1/NC(=O)C(CC(=O)Nc2ccccc2)S1. The van der Waals surface area contributed by atoms with E-state index in [9.17, 15) is 9.59 Å². The minimum Gasteiger partial charge on any atom is -0.493 e. The van der Waals surface area contributed by atoms with Crippen molar-refractivity contribution in [3.05, 3.63) is 58.6 Å². The molecule has 150 valence electrons. The minimum atomic E-state index is -0.544. The lowest BCUT2D eigenvalue weighted by atomic mass is 10.2. The Bertz CT molecular complexity index is 950. The number of carbonyl (C=O) groups is 2. The topological polar surface area (TPSA) is 92.2 Å². The van der Waals surface area contributed by atoms with Gasteiger partial charge in [0.1, 0.15) is 11.0 Å². The lowest BCUT2D eigenvalue weighted by molar-refractivity contribution is -0.122. The first-order chi connectivity index (χ1) is 14.0. The van der Waals surface area contributed by atoms with Crippen LogP contribution in [0.25, 0.3) is 0 Å². The fourth-order valence-corrected chi connectivity index (χ4v) is 3.84. The Balaban J connectivity index is 1.60. The number of amidine groups is 1. The first-order valence-corrected chi connectivity index (χ1v) is 10.6. The van der Waals surface area contributed by atoms with Gasteiger partial charge >= 0.3 is 0 Å². The number of hydrogen-bond acceptors (Lipinski definition) is 6. The van der Waals surface area contributed by atoms with E-state index in [-0.39, 0.29) is 18.2 Å². The zero-order chi connectivity index (χ0) is 20.6. The van der Waals surface area contributed by atoms with Gasteiger partial charge in [-0.15, -0.1) is 5.10 Å². The molecule has 3 rings (SSSR count). The van der Waals surface area contributed by atoms with E-state index < -0.39 is 5.25 Å². The maximum absolute atomic E-state index is 12.2. The lowest BCUT2D eigenvalue weighted by Crippen LogP contribution is -2.28. The zero-order valence-electron chi connectivity index (χ0n) is 15.6. The van der Waals surface area contributed by atoms with Crippen molar-refractivity contribution >= 4 is 56.6 Å². The first-order valence-electron chi connectivity index (χ1n) is 8.91. The van der Waals surface area contributed by atoms with Crippen molar-refractivity contribution in [2.45, 2.75) is 18.6 Å². The van der Waals surface area contributed by atoms with Gasteiger partial charge in [-0.3, -0.25) is 9.59 Å². The minimum absolute atomic E-state index is 0.0498. The third-order valence-corrected chi connectivity index (χ3v) is 5.39. The van der Waals surface area contributed by atoms with Gasteiger partial charge in [0.25, 0.3) is 0 Å². The van der Waals surface area contributed by atoms with Crippen LogP contribution in [0, 0.1) is 0 Å². The van der Waals surface area contributed by atoms with Gasteiger partial charge in [0.05, 0.1) is 12.8 Å². The number of thioether (sulfide) groups is 1. The molecular formula is C20H19BrN4O3S. The third-order valence-electron chi connectivity index (χ3n) is 3.82. The van der Waals surface area contributed by atoms with E-state index in [0.29, 0.717) is 23.2 Å². The molecule has 0 radical (unpaired) electrons. The van der Waals surface area contributed by atoms with Crippen LogP contribution in [-0.4, -0.2) is 35.1 Å². The number of nitrogens with zero attached hydrogens (tertiary/aromatic N) is 2. The number of amides is 2. The summed E-state index contributed by atoms with van der Waals surface area (Å²) < 4.78 is 6.45. The number of nitrogens with one attached hydrogen (secondary N) is 2. The lowest BCUT2D eigenvalue weighted by Gasteiger charge is -2.07. The third kappa shape index (κ3) is 6.16. The second kappa shape index (κ2) is 10.2. The quantitative estimate of drug-likeness (QED) is 0.471. The summed E-state index contributed by atoms with van der Waals surface area (Å²) in [6.07, 6.45) is 1.61. The maximum atomic E-state index is 12.2. The molecule has 0 saturated carbocycles. The average molecular weight is 475 g/mol. The number of benzene rings is 2. The van der Waals surface area contributed by atoms with Gasteiger partial charge in [-0.25, -0.2) is 0 Å². The molecule has 2 amide bonds. The second-order valence-electron chi connectivity index (χ2n) is 5.98. The van der Waals surface area contributed by atoms with Crippen LogP contribution in [-0.2, 0) is 9.59 Å². The molecule has 1 saturated heterocycles. The van der Waals surface area contributed by atoms with Crippen LogP contribution < -0.4 is 15.4 Å². The highest BCUT2D eigenvalue weighted by atomic mass is 79.9. The van der Waals surface area contributed by atoms with E-state index in [1.807, 2.05) is 43.3 Å². The van der Waals surface area contributed by atoms with Gasteiger partial charge in [0.15, 0.2) is 5.17 Å². The average Bonchev–Trinajstić information content (AvgIpc) is 3.04. The highest BCUT2D eigenvalue weighted by molar-refractivity contribution is 9.10. The fraction of sp³-hybridized carbons (Fsp3) is 0.200. The van der Waals surface area contributed by atoms with E-state index in [1.54, 1.807) is 18.3 Å². The van der Waals surface area contributed by atoms with E-state index in [0.717, 1.165) is 10.0 Å². The molecule has 9 heteroatoms. The van der Waals surface area contributed by atoms with Gasteiger partial charge in [0, 0.05) is 22.1 Å². The molecule has 0 spiro atoms. The van der Waals surface area contributed by atoms with Crippen molar-refractivity contribution in [3.63, 3.8) is 0 Å². The molecule has 1 aliphatic rings. The number of halogens is 1. The molecule has 2 aromatic rings. The molecule has 1 unspecified atom stereocenters. The normalized spacial score (nSPS) is 17.5. The van der Waals surface area contributed by atoms with Gasteiger partial charge in [0.2, 0.25) is 11.8 Å². The summed E-state index contributed by atoms with van der Waals surface area (Å²) in [5.41, 5.74) is 1.46. The Hall–Kier alpha value is -2.65. The molecule has 2 aromatic carbocycles. The number of carbonyl (C=O) groups excluding carboxylic acids is 2. The Morgan fingerprint density at radius 3 is 2.86 bits per heavy atom. The summed E-state index contributed by atoms with van der Waals surface area (Å²) in [6.45, 7) is 2.44. The molecule has 2 N–H and O–H groups in total. The number of anilines is 1. The monoisotopic (exact) mass is 474 g/mol. The highest BCUT2D eigenvalue weighted by Crippen LogP contribution is 2.24. The summed E-state index contributed by atoms with van der Waals surface area (Å²) >= 11 is 4.60. The molecule has 0 aliphatic carbocycles. The van der Waals surface area contributed by atoms with Crippen LogP contribution in [0.2, 0.25) is 0 Å². The first kappa shape index (κ1) is 21.1. The van der Waals surface area contributed by atoms with E-state index in [2.05, 4.69) is 36.8 Å². The van der Waals surface area contributed by atoms with Crippen molar-refractivity contribution in [1.82, 2.24) is 5.32 Å². The Kier molecular flexibility index (Phi) is 7.42. The summed E-state index contributed by atoms with van der Waals surface area (Å²) in [4.78, 5) is 24.3. The van der Waals surface area contributed by atoms with Crippen LogP contribution in [0.4, 0.5) is 5.69 Å². The van der Waals surface area contributed by atoms with Gasteiger partial charge in [-0.1, -0.05) is 45.9 Å². The van der Waals surface area contributed by atoms with Crippen molar-refractivity contribution in [1.29, 1.82) is 0 Å². The summed E-state index contributed by atoms with van der Waals surface area (Å²) in [5, 5.41) is 13.3. The molecule has 1 atom stereocenters. The Labute approximate surface area is 181 Å². The Morgan fingerprint density at radius 1 is 1.31 bits per heavy atom. The van der Waals surface area contributed by atoms with Crippen LogP contribution in [0.15, 0.2) is 63.2 Å². The largest absolute Gasteiger partial charge is 0.493 e. The van der Waals surface area contributed by atoms with Crippen molar-refractivity contribution in [2.24, 2.45) is 10.2 Å². The van der Waals surface area contributed by atoms with Crippen molar-refractivity contribution < 1.29 is 14.3 Å². The molecule has 1 aliphatic heterocycles. The molecular weight excluding hydrogens is 456 g/mol. The summed E-state index contributed by atoms with van der Waals surface area (Å²) in [5.74, 6) is 0.201. The van der Waals surface area contributed by atoms with Crippen LogP contribution in [0.5, 0.6) is 5.75 Å². The van der Waals surface area contributed by atoms with Crippen LogP contribution in [0.3, 0.4) is 0 Å². The van der Waals surface area contributed by atoms with E-state index in [1.165, 1.54) is 11.8 Å². The smallest absolute Gasteiger partial charge is 0.240 e. The number of ether oxygens (including phenoxy) is 1. The van der Waals surface area contributed by atoms with Gasteiger partial charge in [-0.05, 0) is 37.3 Å². The molecule has 1 fully saturated rings. The second-order valence-corrected chi connectivity index (χ2v) is 8.09. The highest BCUT2D eigenvalue weighted by Gasteiger charge is 2.32. The number of para-hydroxylation sites is 1. The molecule has 29 heavy (non-hydrogen) atoms. The predicted molar refractivity (Wildman–Crippen MR) is 120 cm³/mol. The van der Waals surface area contributed by atoms with E-state index in [4.69, 9.17) is 4.74 Å². The molecule has 0 bridgehead atoms. The van der Waals surface area contributed by atoms with Crippen LogP contribution >= 0.6 is 27.7 Å². The predicted octanol–water partition coefficient (Wildman–Crippen LogP) is 3.80. The number of hydrogen-bond donors (Lipinski definition) is 2. The summed E-state index contributed by atoms with van der Waals surface area (Å²) in [6, 6.07) is 14.7. The Morgan fingerprint density at radius 2 is 2.10 bits per heavy atom. The molecule has 0 aromatic heterocycles. The van der Waals surface area contributed by atoms with Crippen LogP contribution in [0.1, 0.15) is 18.9 Å². The molecule has 1 heterocycles. The van der Waals surface area contributed by atoms with Crippen molar-refractivity contribution in [2.75, 3.05) is 11.9 Å². The van der Waals surface area contributed by atoms with Gasteiger partial charge in [-0.2, -0.15) is 5.10 Å². The summed E-state index contributed by atoms with van der Waals surface area (Å²) in [7, 11) is 0. The van der Waals surface area contributed by atoms with E-state index >= 15 is 0 Å². The molecule has 7 nitrogen and oxygen atoms in total. The standard InChI is InChI=1S/C20H19BrN4O3S/c1-2-28-16-9-8-14(21)10-13(16)12-22-25-20-24-19(27)17(29-20)11-18(26)23-15-6-4-3-5-7-15/h3-10,12,17H,2,11H2,1H3,(H,23,26)(H,24,25,27). The van der Waals surface area contributed by atoms with Gasteiger partial charge < -0.3 is 15.4 Å². The zero-order valence-corrected chi connectivity index (χ0v) is 18.0. The maximum Gasteiger partial charge on any atom is 0.240 e. The fourth-order valence-electron chi connectivity index (χ4n) is 2.54. The number of rotatable bonds is 7.